The van der Waals surface area contributed by atoms with Crippen LogP contribution in [-0.4, -0.2) is 11.0 Å². The van der Waals surface area contributed by atoms with Crippen molar-refractivity contribution in [3.63, 3.8) is 0 Å². The van der Waals surface area contributed by atoms with Crippen LogP contribution in [0.15, 0.2) is 18.2 Å². The number of nitrogen functional groups attached to an aromatic ring is 1. The lowest BCUT2D eigenvalue weighted by molar-refractivity contribution is -0.384. The molecule has 1 atom stereocenters. The monoisotopic (exact) mass is 263 g/mol. The summed E-state index contributed by atoms with van der Waals surface area (Å²) < 4.78 is 0. The molecule has 0 aliphatic heterocycles. The second-order valence-corrected chi connectivity index (χ2v) is 5.96. The Hall–Kier alpha value is -1.78. The minimum absolute atomic E-state index is 0.0333. The first-order valence-corrected chi connectivity index (χ1v) is 6.70. The lowest BCUT2D eigenvalue weighted by Gasteiger charge is -2.39. The molecule has 5 heteroatoms. The zero-order chi connectivity index (χ0) is 14.0. The summed E-state index contributed by atoms with van der Waals surface area (Å²) in [6.07, 6.45) is 4.79. The molecule has 19 heavy (non-hydrogen) atoms. The number of non-ortho nitro benzene ring substituents is 1. The smallest absolute Gasteiger partial charge is 0.271 e. The normalized spacial score (nSPS) is 21.9. The molecule has 1 aliphatic rings. The Morgan fingerprint density at radius 2 is 2.16 bits per heavy atom. The fraction of sp³-hybridized carbons (Fsp3) is 0.571. The van der Waals surface area contributed by atoms with E-state index in [1.807, 2.05) is 0 Å². The van der Waals surface area contributed by atoms with Crippen molar-refractivity contribution >= 4 is 17.1 Å². The Kier molecular flexibility index (Phi) is 3.64. The van der Waals surface area contributed by atoms with Crippen molar-refractivity contribution in [1.29, 1.82) is 0 Å². The van der Waals surface area contributed by atoms with Crippen LogP contribution >= 0.6 is 0 Å². The Morgan fingerprint density at radius 3 is 2.74 bits per heavy atom. The van der Waals surface area contributed by atoms with Crippen LogP contribution in [0.4, 0.5) is 17.1 Å². The molecule has 0 saturated heterocycles. The molecule has 0 bridgehead atoms. The Labute approximate surface area is 113 Å². The van der Waals surface area contributed by atoms with Gasteiger partial charge in [-0.15, -0.1) is 0 Å². The number of nitro groups is 1. The van der Waals surface area contributed by atoms with E-state index in [-0.39, 0.29) is 11.1 Å². The number of nitrogens with zero attached hydrogens (tertiary/aromatic N) is 1. The van der Waals surface area contributed by atoms with Gasteiger partial charge in [0, 0.05) is 18.2 Å². The molecule has 1 unspecified atom stereocenters. The number of nitrogens with one attached hydrogen (secondary N) is 1. The molecule has 0 amide bonds. The van der Waals surface area contributed by atoms with Crippen molar-refractivity contribution in [2.24, 2.45) is 5.41 Å². The molecule has 1 fully saturated rings. The van der Waals surface area contributed by atoms with E-state index < -0.39 is 4.92 Å². The van der Waals surface area contributed by atoms with Crippen molar-refractivity contribution in [2.75, 3.05) is 11.1 Å². The van der Waals surface area contributed by atoms with Crippen LogP contribution in [0.25, 0.3) is 0 Å². The Bertz CT molecular complexity index is 486. The highest BCUT2D eigenvalue weighted by atomic mass is 16.6. The van der Waals surface area contributed by atoms with E-state index in [1.54, 1.807) is 6.07 Å². The molecule has 2 rings (SSSR count). The first-order valence-electron chi connectivity index (χ1n) is 6.70. The van der Waals surface area contributed by atoms with Crippen molar-refractivity contribution in [2.45, 2.75) is 45.6 Å². The van der Waals surface area contributed by atoms with Crippen LogP contribution in [0.1, 0.15) is 39.5 Å². The maximum atomic E-state index is 10.7. The number of nitrogens with two attached hydrogens (primary N) is 1. The molecule has 1 aliphatic carbocycles. The van der Waals surface area contributed by atoms with Crippen LogP contribution in [0.3, 0.4) is 0 Å². The maximum Gasteiger partial charge on any atom is 0.271 e. The van der Waals surface area contributed by atoms with Gasteiger partial charge in [0.1, 0.15) is 0 Å². The topological polar surface area (TPSA) is 81.2 Å². The van der Waals surface area contributed by atoms with E-state index in [0.717, 1.165) is 12.1 Å². The van der Waals surface area contributed by atoms with Gasteiger partial charge in [-0.1, -0.05) is 26.7 Å². The number of rotatable bonds is 3. The van der Waals surface area contributed by atoms with Gasteiger partial charge in [0.2, 0.25) is 0 Å². The van der Waals surface area contributed by atoms with E-state index in [1.165, 1.54) is 31.4 Å². The molecule has 0 spiro atoms. The van der Waals surface area contributed by atoms with Crippen LogP contribution in [0.5, 0.6) is 0 Å². The third-order valence-electron chi connectivity index (χ3n) is 4.08. The molecule has 0 radical (unpaired) electrons. The SMILES string of the molecule is CC1(C)CCCCC1Nc1ccc([N+](=O)[O-])cc1N. The van der Waals surface area contributed by atoms with E-state index in [4.69, 9.17) is 5.73 Å². The molecule has 3 N–H and O–H groups in total. The van der Waals surface area contributed by atoms with Crippen LogP contribution in [-0.2, 0) is 0 Å². The standard InChI is InChI=1S/C14H21N3O2/c1-14(2)8-4-3-5-13(14)16-12-7-6-10(17(18)19)9-11(12)15/h6-7,9,13,16H,3-5,8,15H2,1-2H3. The largest absolute Gasteiger partial charge is 0.397 e. The first-order chi connectivity index (χ1) is 8.90. The van der Waals surface area contributed by atoms with E-state index in [9.17, 15) is 10.1 Å². The van der Waals surface area contributed by atoms with E-state index >= 15 is 0 Å². The fourth-order valence-corrected chi connectivity index (χ4v) is 2.74. The second-order valence-electron chi connectivity index (χ2n) is 5.96. The van der Waals surface area contributed by atoms with Crippen molar-refractivity contribution in [3.8, 4) is 0 Å². The number of benzene rings is 1. The van der Waals surface area contributed by atoms with E-state index in [2.05, 4.69) is 19.2 Å². The first kappa shape index (κ1) is 13.6. The highest BCUT2D eigenvalue weighted by Crippen LogP contribution is 2.38. The van der Waals surface area contributed by atoms with Crippen LogP contribution < -0.4 is 11.1 Å². The maximum absolute atomic E-state index is 10.7. The molecular formula is C14H21N3O2. The molecule has 5 nitrogen and oxygen atoms in total. The summed E-state index contributed by atoms with van der Waals surface area (Å²) in [5, 5.41) is 14.1. The third-order valence-corrected chi connectivity index (χ3v) is 4.08. The molecule has 1 aromatic rings. The molecule has 104 valence electrons. The van der Waals surface area contributed by atoms with Crippen molar-refractivity contribution in [3.05, 3.63) is 28.3 Å². The highest BCUT2D eigenvalue weighted by Gasteiger charge is 2.32. The summed E-state index contributed by atoms with van der Waals surface area (Å²) in [5.74, 6) is 0. The summed E-state index contributed by atoms with van der Waals surface area (Å²) in [7, 11) is 0. The molecule has 1 aromatic carbocycles. The predicted octanol–water partition coefficient (Wildman–Crippen LogP) is 3.56. The van der Waals surface area contributed by atoms with Gasteiger partial charge in [0.15, 0.2) is 0 Å². The van der Waals surface area contributed by atoms with Gasteiger partial charge in [0.05, 0.1) is 16.3 Å². The summed E-state index contributed by atoms with van der Waals surface area (Å²) in [6, 6.07) is 4.98. The van der Waals surface area contributed by atoms with Gasteiger partial charge >= 0.3 is 0 Å². The third kappa shape index (κ3) is 2.97. The molecular weight excluding hydrogens is 242 g/mol. The Balaban J connectivity index is 2.17. The zero-order valence-corrected chi connectivity index (χ0v) is 11.5. The van der Waals surface area contributed by atoms with Crippen molar-refractivity contribution in [1.82, 2.24) is 0 Å². The summed E-state index contributed by atoms with van der Waals surface area (Å²) in [6.45, 7) is 4.51. The summed E-state index contributed by atoms with van der Waals surface area (Å²) >= 11 is 0. The lowest BCUT2D eigenvalue weighted by atomic mass is 9.73. The minimum atomic E-state index is -0.426. The predicted molar refractivity (Wildman–Crippen MR) is 77.2 cm³/mol. The average molecular weight is 263 g/mol. The molecule has 1 saturated carbocycles. The zero-order valence-electron chi connectivity index (χ0n) is 11.5. The average Bonchev–Trinajstić information content (AvgIpc) is 2.33. The summed E-state index contributed by atoms with van der Waals surface area (Å²) in [4.78, 5) is 10.3. The van der Waals surface area contributed by atoms with Gasteiger partial charge in [-0.05, 0) is 24.3 Å². The minimum Gasteiger partial charge on any atom is -0.397 e. The van der Waals surface area contributed by atoms with Gasteiger partial charge < -0.3 is 11.1 Å². The van der Waals surface area contributed by atoms with Crippen LogP contribution in [0.2, 0.25) is 0 Å². The number of anilines is 2. The van der Waals surface area contributed by atoms with Gasteiger partial charge in [0.25, 0.3) is 5.69 Å². The van der Waals surface area contributed by atoms with E-state index in [0.29, 0.717) is 11.7 Å². The van der Waals surface area contributed by atoms with Gasteiger partial charge in [-0.3, -0.25) is 10.1 Å². The van der Waals surface area contributed by atoms with Crippen LogP contribution in [0, 0.1) is 15.5 Å². The molecule has 0 heterocycles. The quantitative estimate of drug-likeness (QED) is 0.496. The number of nitro benzene ring substituents is 1. The number of hydrogen-bond acceptors (Lipinski definition) is 4. The van der Waals surface area contributed by atoms with Gasteiger partial charge in [-0.25, -0.2) is 0 Å². The molecule has 0 aromatic heterocycles. The number of hydrogen-bond donors (Lipinski definition) is 2. The lowest BCUT2D eigenvalue weighted by Crippen LogP contribution is -2.39. The summed E-state index contributed by atoms with van der Waals surface area (Å²) in [5.41, 5.74) is 7.40. The Morgan fingerprint density at radius 1 is 1.42 bits per heavy atom. The van der Waals surface area contributed by atoms with Crippen molar-refractivity contribution < 1.29 is 4.92 Å². The van der Waals surface area contributed by atoms with Gasteiger partial charge in [-0.2, -0.15) is 0 Å². The fourth-order valence-electron chi connectivity index (χ4n) is 2.74. The second kappa shape index (κ2) is 5.07. The highest BCUT2D eigenvalue weighted by molar-refractivity contribution is 5.69.